The molecule has 6 nitrogen and oxygen atoms in total. The molecule has 0 aliphatic heterocycles. The molecule has 0 saturated heterocycles. The van der Waals surface area contributed by atoms with E-state index >= 15 is 0 Å². The number of Topliss-reactive ketones (excluding diaryl/α,β-unsaturated/α-hetero) is 1. The van der Waals surface area contributed by atoms with Crippen LogP contribution >= 0.6 is 11.3 Å². The lowest BCUT2D eigenvalue weighted by molar-refractivity contribution is -0.155. The van der Waals surface area contributed by atoms with Crippen molar-refractivity contribution in [1.82, 2.24) is 10.1 Å². The molecule has 0 amide bonds. The van der Waals surface area contributed by atoms with Gasteiger partial charge in [0.25, 0.3) is 5.89 Å². The summed E-state index contributed by atoms with van der Waals surface area (Å²) < 4.78 is 10.5. The molecule has 0 N–H and O–H groups in total. The summed E-state index contributed by atoms with van der Waals surface area (Å²) in [5, 5.41) is 7.76. The Morgan fingerprint density at radius 2 is 2.12 bits per heavy atom. The smallest absolute Gasteiger partial charge is 0.309 e. The quantitative estimate of drug-likeness (QED) is 0.791. The number of aromatic nitrogens is 2. The summed E-state index contributed by atoms with van der Waals surface area (Å²) >= 11 is 1.55. The van der Waals surface area contributed by atoms with Crippen molar-refractivity contribution in [2.45, 2.75) is 38.7 Å². The van der Waals surface area contributed by atoms with Gasteiger partial charge in [0.2, 0.25) is 5.82 Å². The molecule has 0 spiro atoms. The minimum absolute atomic E-state index is 0.0181. The van der Waals surface area contributed by atoms with Crippen LogP contribution in [0.5, 0.6) is 0 Å². The molecule has 2 aliphatic rings. The average Bonchev–Trinajstić information content (AvgIpc) is 3.23. The first-order valence-corrected chi connectivity index (χ1v) is 9.20. The highest BCUT2D eigenvalue weighted by atomic mass is 32.1. The fourth-order valence-electron chi connectivity index (χ4n) is 3.75. The first-order chi connectivity index (χ1) is 11.7. The lowest BCUT2D eigenvalue weighted by atomic mass is 9.67. The Kier molecular flexibility index (Phi) is 4.18. The van der Waals surface area contributed by atoms with Gasteiger partial charge in [-0.1, -0.05) is 11.6 Å². The van der Waals surface area contributed by atoms with Crippen molar-refractivity contribution in [2.24, 2.45) is 17.8 Å². The highest BCUT2D eigenvalue weighted by Gasteiger charge is 2.41. The van der Waals surface area contributed by atoms with Crippen molar-refractivity contribution in [3.63, 3.8) is 0 Å². The van der Waals surface area contributed by atoms with E-state index in [4.69, 9.17) is 9.26 Å². The van der Waals surface area contributed by atoms with E-state index in [0.717, 1.165) is 24.8 Å². The topological polar surface area (TPSA) is 82.3 Å². The number of rotatable bonds is 4. The van der Waals surface area contributed by atoms with E-state index in [2.05, 4.69) is 10.1 Å². The van der Waals surface area contributed by atoms with Crippen LogP contribution in [-0.2, 0) is 20.9 Å². The molecule has 2 bridgehead atoms. The Balaban J connectivity index is 1.34. The number of ketones is 1. The lowest BCUT2D eigenvalue weighted by Crippen LogP contribution is -2.39. The molecule has 0 aromatic carbocycles. The second-order valence-electron chi connectivity index (χ2n) is 6.53. The van der Waals surface area contributed by atoms with Gasteiger partial charge in [0.15, 0.2) is 6.61 Å². The summed E-state index contributed by atoms with van der Waals surface area (Å²) in [5.74, 6) is 0.790. The normalized spacial score (nSPS) is 26.3. The molecule has 1 unspecified atom stereocenters. The maximum absolute atomic E-state index is 12.3. The summed E-state index contributed by atoms with van der Waals surface area (Å²) in [4.78, 5) is 28.6. The van der Waals surface area contributed by atoms with Crippen LogP contribution in [0.25, 0.3) is 11.4 Å². The van der Waals surface area contributed by atoms with Crippen molar-refractivity contribution in [3.8, 4) is 11.4 Å². The molecular formula is C17H18N2O4S. The number of hydrogen-bond acceptors (Lipinski definition) is 7. The van der Waals surface area contributed by atoms with E-state index in [1.165, 1.54) is 0 Å². The Morgan fingerprint density at radius 3 is 2.83 bits per heavy atom. The third-order valence-electron chi connectivity index (χ3n) is 4.97. The van der Waals surface area contributed by atoms with Crippen LogP contribution in [-0.4, -0.2) is 21.9 Å². The summed E-state index contributed by atoms with van der Waals surface area (Å²) in [6.45, 7) is -0.0181. The molecule has 2 aromatic heterocycles. The molecule has 24 heavy (non-hydrogen) atoms. The molecular weight excluding hydrogens is 328 g/mol. The number of fused-ring (bicyclic) bond motifs is 2. The number of carbonyl (C=O) groups is 2. The Morgan fingerprint density at radius 1 is 1.33 bits per heavy atom. The molecule has 126 valence electrons. The minimum Gasteiger partial charge on any atom is -0.455 e. The summed E-state index contributed by atoms with van der Waals surface area (Å²) in [6, 6.07) is 1.91. The van der Waals surface area contributed by atoms with Gasteiger partial charge in [0.1, 0.15) is 5.78 Å². The van der Waals surface area contributed by atoms with E-state index in [1.54, 1.807) is 11.3 Å². The molecule has 7 heteroatoms. The third kappa shape index (κ3) is 3.00. The van der Waals surface area contributed by atoms with E-state index in [9.17, 15) is 9.59 Å². The standard InChI is InChI=1S/C17H18N2O4S/c20-15-10-2-1-3-11(15)7-13(6-10)17(21)22-8-14-18-16(19-23-14)12-4-5-24-9-12/h4-5,9-11,13H,1-3,6-8H2/t10-,11+,13?. The number of ether oxygens (including phenoxy) is 1. The molecule has 2 fully saturated rings. The van der Waals surface area contributed by atoms with Gasteiger partial charge >= 0.3 is 5.97 Å². The zero-order valence-electron chi connectivity index (χ0n) is 13.1. The highest BCUT2D eigenvalue weighted by molar-refractivity contribution is 7.08. The maximum atomic E-state index is 12.3. The first kappa shape index (κ1) is 15.5. The molecule has 4 rings (SSSR count). The van der Waals surface area contributed by atoms with Gasteiger partial charge in [0.05, 0.1) is 5.92 Å². The van der Waals surface area contributed by atoms with Crippen LogP contribution in [0.3, 0.4) is 0 Å². The Bertz CT molecular complexity index is 724. The first-order valence-electron chi connectivity index (χ1n) is 8.26. The van der Waals surface area contributed by atoms with E-state index < -0.39 is 0 Å². The molecule has 0 radical (unpaired) electrons. The monoisotopic (exact) mass is 346 g/mol. The van der Waals surface area contributed by atoms with E-state index in [-0.39, 0.29) is 36.2 Å². The molecule has 2 heterocycles. The average molecular weight is 346 g/mol. The second-order valence-corrected chi connectivity index (χ2v) is 7.31. The van der Waals surface area contributed by atoms with Crippen LogP contribution < -0.4 is 0 Å². The van der Waals surface area contributed by atoms with Gasteiger partial charge < -0.3 is 9.26 Å². The number of carbonyl (C=O) groups excluding carboxylic acids is 2. The number of thiophene rings is 1. The van der Waals surface area contributed by atoms with E-state index in [1.807, 2.05) is 16.8 Å². The highest BCUT2D eigenvalue weighted by Crippen LogP contribution is 2.40. The fraction of sp³-hybridized carbons (Fsp3) is 0.529. The van der Waals surface area contributed by atoms with Gasteiger partial charge in [-0.2, -0.15) is 16.3 Å². The van der Waals surface area contributed by atoms with Crippen LogP contribution in [0.2, 0.25) is 0 Å². The van der Waals surface area contributed by atoms with Gasteiger partial charge in [-0.15, -0.1) is 0 Å². The Hall–Kier alpha value is -2.02. The fourth-order valence-corrected chi connectivity index (χ4v) is 4.38. The van der Waals surface area contributed by atoms with Gasteiger partial charge in [-0.05, 0) is 37.1 Å². The van der Waals surface area contributed by atoms with Crippen LogP contribution in [0.4, 0.5) is 0 Å². The second kappa shape index (κ2) is 6.47. The van der Waals surface area contributed by atoms with Crippen molar-refractivity contribution < 1.29 is 18.8 Å². The molecule has 2 aromatic rings. The number of nitrogens with zero attached hydrogens (tertiary/aromatic N) is 2. The van der Waals surface area contributed by atoms with Gasteiger partial charge in [-0.25, -0.2) is 0 Å². The third-order valence-corrected chi connectivity index (χ3v) is 5.65. The van der Waals surface area contributed by atoms with Crippen molar-refractivity contribution in [3.05, 3.63) is 22.7 Å². The van der Waals surface area contributed by atoms with Crippen LogP contribution in [0.15, 0.2) is 21.3 Å². The summed E-state index contributed by atoms with van der Waals surface area (Å²) in [5.41, 5.74) is 0.889. The Labute approximate surface area is 143 Å². The van der Waals surface area contributed by atoms with Crippen LogP contribution in [0.1, 0.15) is 38.0 Å². The van der Waals surface area contributed by atoms with Crippen molar-refractivity contribution in [2.75, 3.05) is 0 Å². The molecule has 2 aliphatic carbocycles. The van der Waals surface area contributed by atoms with Gasteiger partial charge in [-0.3, -0.25) is 9.59 Å². The molecule has 2 saturated carbocycles. The summed E-state index contributed by atoms with van der Waals surface area (Å²) in [6.07, 6.45) is 4.16. The van der Waals surface area contributed by atoms with Crippen LogP contribution in [0, 0.1) is 17.8 Å². The van der Waals surface area contributed by atoms with Crippen molar-refractivity contribution >= 4 is 23.1 Å². The predicted molar refractivity (Wildman–Crippen MR) is 86.0 cm³/mol. The minimum atomic E-state index is -0.255. The zero-order valence-corrected chi connectivity index (χ0v) is 14.0. The SMILES string of the molecule is O=C(OCc1nc(-c2ccsc2)no1)C1C[C@H]2CCC[C@@H](C1)C2=O. The number of hydrogen-bond donors (Lipinski definition) is 0. The predicted octanol–water partition coefficient (Wildman–Crippen LogP) is 3.24. The van der Waals surface area contributed by atoms with E-state index in [0.29, 0.717) is 24.4 Å². The van der Waals surface area contributed by atoms with Crippen molar-refractivity contribution in [1.29, 1.82) is 0 Å². The molecule has 3 atom stereocenters. The lowest BCUT2D eigenvalue weighted by Gasteiger charge is -2.36. The summed E-state index contributed by atoms with van der Waals surface area (Å²) in [7, 11) is 0. The number of esters is 1. The van der Waals surface area contributed by atoms with Gasteiger partial charge in [0, 0.05) is 22.8 Å². The maximum Gasteiger partial charge on any atom is 0.309 e. The largest absolute Gasteiger partial charge is 0.455 e. The zero-order chi connectivity index (χ0) is 16.5.